The van der Waals surface area contributed by atoms with Crippen molar-refractivity contribution in [1.29, 1.82) is 5.26 Å². The molecule has 0 aromatic heterocycles. The number of rotatable bonds is 8. The Morgan fingerprint density at radius 3 is 2.41 bits per heavy atom. The van der Waals surface area contributed by atoms with Crippen LogP contribution in [0.15, 0.2) is 24.3 Å². The molecule has 2 atom stereocenters. The lowest BCUT2D eigenvalue weighted by Gasteiger charge is -2.38. The molecule has 0 bridgehead atoms. The van der Waals surface area contributed by atoms with E-state index >= 15 is 0 Å². The zero-order valence-corrected chi connectivity index (χ0v) is 16.8. The van der Waals surface area contributed by atoms with Crippen molar-refractivity contribution in [2.45, 2.75) is 51.6 Å². The standard InChI is InChI=1S/C21H27N3O5/c1-15-5-3-6-16(2)24(15)20(26)14-28-18-9-7-17(8-10-18)21(27)29-13-19(25)23-12-4-11-22/h7-10,15-16H,3-6,12-14H2,1-2H3,(H,23,25). The normalized spacial score (nSPS) is 18.4. The second-order valence-electron chi connectivity index (χ2n) is 7.08. The van der Waals surface area contributed by atoms with Crippen LogP contribution in [-0.2, 0) is 14.3 Å². The van der Waals surface area contributed by atoms with Crippen molar-refractivity contribution in [3.05, 3.63) is 29.8 Å². The van der Waals surface area contributed by atoms with E-state index in [0.29, 0.717) is 5.75 Å². The fourth-order valence-corrected chi connectivity index (χ4v) is 3.34. The van der Waals surface area contributed by atoms with Gasteiger partial charge < -0.3 is 19.7 Å². The molecule has 8 nitrogen and oxygen atoms in total. The van der Waals surface area contributed by atoms with E-state index in [4.69, 9.17) is 14.7 Å². The molecule has 1 aromatic rings. The van der Waals surface area contributed by atoms with Crippen molar-refractivity contribution in [2.24, 2.45) is 0 Å². The van der Waals surface area contributed by atoms with Gasteiger partial charge in [-0.3, -0.25) is 9.59 Å². The lowest BCUT2D eigenvalue weighted by Crippen LogP contribution is -2.49. The smallest absolute Gasteiger partial charge is 0.338 e. The minimum Gasteiger partial charge on any atom is -0.484 e. The number of likely N-dealkylation sites (tertiary alicyclic amines) is 1. The highest BCUT2D eigenvalue weighted by Crippen LogP contribution is 2.23. The maximum atomic E-state index is 12.5. The third-order valence-electron chi connectivity index (χ3n) is 4.83. The highest BCUT2D eigenvalue weighted by Gasteiger charge is 2.28. The van der Waals surface area contributed by atoms with Gasteiger partial charge in [-0.25, -0.2) is 4.79 Å². The lowest BCUT2D eigenvalue weighted by atomic mass is 9.97. The number of piperidine rings is 1. The molecule has 8 heteroatoms. The number of carbonyl (C=O) groups is 3. The number of carbonyl (C=O) groups excluding carboxylic acids is 3. The molecule has 1 aromatic carbocycles. The minimum absolute atomic E-state index is 0.0457. The van der Waals surface area contributed by atoms with Crippen LogP contribution in [0.4, 0.5) is 0 Å². The Bertz CT molecular complexity index is 747. The van der Waals surface area contributed by atoms with Gasteiger partial charge in [0, 0.05) is 18.6 Å². The summed E-state index contributed by atoms with van der Waals surface area (Å²) in [6.45, 7) is 3.85. The molecule has 0 radical (unpaired) electrons. The van der Waals surface area contributed by atoms with Gasteiger partial charge in [-0.2, -0.15) is 5.26 Å². The number of nitriles is 1. The van der Waals surface area contributed by atoms with Crippen LogP contribution in [0.25, 0.3) is 0 Å². The molecule has 1 aliphatic rings. The summed E-state index contributed by atoms with van der Waals surface area (Å²) < 4.78 is 10.5. The molecule has 2 amide bonds. The van der Waals surface area contributed by atoms with Crippen LogP contribution >= 0.6 is 0 Å². The van der Waals surface area contributed by atoms with E-state index in [1.165, 1.54) is 12.1 Å². The van der Waals surface area contributed by atoms with Gasteiger partial charge in [0.25, 0.3) is 11.8 Å². The highest BCUT2D eigenvalue weighted by atomic mass is 16.5. The summed E-state index contributed by atoms with van der Waals surface area (Å²) in [7, 11) is 0. The summed E-state index contributed by atoms with van der Waals surface area (Å²) >= 11 is 0. The van der Waals surface area contributed by atoms with E-state index in [1.807, 2.05) is 11.0 Å². The molecule has 0 aliphatic carbocycles. The van der Waals surface area contributed by atoms with Gasteiger partial charge in [-0.05, 0) is 57.4 Å². The largest absolute Gasteiger partial charge is 0.484 e. The van der Waals surface area contributed by atoms with Crippen molar-refractivity contribution < 1.29 is 23.9 Å². The van der Waals surface area contributed by atoms with E-state index < -0.39 is 18.5 Å². The first-order chi connectivity index (χ1) is 13.9. The minimum atomic E-state index is -0.640. The second kappa shape index (κ2) is 11.1. The van der Waals surface area contributed by atoms with Crippen LogP contribution < -0.4 is 10.1 Å². The third kappa shape index (κ3) is 6.79. The monoisotopic (exact) mass is 401 g/mol. The molecular formula is C21H27N3O5. The van der Waals surface area contributed by atoms with Crippen LogP contribution in [0.2, 0.25) is 0 Å². The number of amides is 2. The maximum absolute atomic E-state index is 12.5. The summed E-state index contributed by atoms with van der Waals surface area (Å²) in [4.78, 5) is 37.8. The molecule has 2 unspecified atom stereocenters. The average Bonchev–Trinajstić information content (AvgIpc) is 2.71. The Hall–Kier alpha value is -3.08. The Labute approximate surface area is 170 Å². The summed E-state index contributed by atoms with van der Waals surface area (Å²) in [5.41, 5.74) is 0.270. The molecule has 1 saturated heterocycles. The Balaban J connectivity index is 1.79. The van der Waals surface area contributed by atoms with E-state index in [-0.39, 0.29) is 43.1 Å². The number of nitrogens with one attached hydrogen (secondary N) is 1. The number of hydrogen-bond donors (Lipinski definition) is 1. The molecule has 1 N–H and O–H groups in total. The first-order valence-corrected chi connectivity index (χ1v) is 9.77. The molecule has 2 rings (SSSR count). The number of benzene rings is 1. The number of nitrogens with zero attached hydrogens (tertiary/aromatic N) is 2. The van der Waals surface area contributed by atoms with Gasteiger partial charge in [0.1, 0.15) is 5.75 Å². The van der Waals surface area contributed by atoms with E-state index in [9.17, 15) is 14.4 Å². The quantitative estimate of drug-likeness (QED) is 0.527. The fraction of sp³-hybridized carbons (Fsp3) is 0.524. The molecule has 1 fully saturated rings. The lowest BCUT2D eigenvalue weighted by molar-refractivity contribution is -0.139. The van der Waals surface area contributed by atoms with Crippen LogP contribution in [0.3, 0.4) is 0 Å². The van der Waals surface area contributed by atoms with Gasteiger partial charge in [0.2, 0.25) is 0 Å². The average molecular weight is 401 g/mol. The number of hydrogen-bond acceptors (Lipinski definition) is 6. The third-order valence-corrected chi connectivity index (χ3v) is 4.83. The van der Waals surface area contributed by atoms with Gasteiger partial charge in [0.05, 0.1) is 18.1 Å². The van der Waals surface area contributed by atoms with E-state index in [1.54, 1.807) is 12.1 Å². The fourth-order valence-electron chi connectivity index (χ4n) is 3.34. The maximum Gasteiger partial charge on any atom is 0.338 e. The van der Waals surface area contributed by atoms with E-state index in [0.717, 1.165) is 19.3 Å². The van der Waals surface area contributed by atoms with Crippen LogP contribution in [-0.4, -0.2) is 54.5 Å². The molecule has 29 heavy (non-hydrogen) atoms. The van der Waals surface area contributed by atoms with Gasteiger partial charge >= 0.3 is 5.97 Å². The van der Waals surface area contributed by atoms with Crippen LogP contribution in [0.5, 0.6) is 5.75 Å². The molecule has 1 aliphatic heterocycles. The summed E-state index contributed by atoms with van der Waals surface area (Å²) in [6.07, 6.45) is 3.33. The first kappa shape index (κ1) is 22.2. The zero-order valence-electron chi connectivity index (χ0n) is 16.8. The van der Waals surface area contributed by atoms with Crippen molar-refractivity contribution in [1.82, 2.24) is 10.2 Å². The molecule has 156 valence electrons. The molecule has 1 heterocycles. The number of esters is 1. The van der Waals surface area contributed by atoms with E-state index in [2.05, 4.69) is 19.2 Å². The Kier molecular flexibility index (Phi) is 8.46. The predicted octanol–water partition coefficient (Wildman–Crippen LogP) is 2.04. The van der Waals surface area contributed by atoms with Gasteiger partial charge in [0.15, 0.2) is 13.2 Å². The predicted molar refractivity (Wildman–Crippen MR) is 105 cm³/mol. The second-order valence-corrected chi connectivity index (χ2v) is 7.08. The van der Waals surface area contributed by atoms with Gasteiger partial charge in [-0.1, -0.05) is 0 Å². The topological polar surface area (TPSA) is 109 Å². The Morgan fingerprint density at radius 1 is 1.14 bits per heavy atom. The summed E-state index contributed by atoms with van der Waals surface area (Å²) in [6, 6.07) is 8.52. The van der Waals surface area contributed by atoms with Crippen LogP contribution in [0.1, 0.15) is 49.9 Å². The summed E-state index contributed by atoms with van der Waals surface area (Å²) in [5, 5.41) is 10.9. The first-order valence-electron chi connectivity index (χ1n) is 9.77. The molecular weight excluding hydrogens is 374 g/mol. The summed E-state index contributed by atoms with van der Waals surface area (Å²) in [5.74, 6) is -0.677. The van der Waals surface area contributed by atoms with Crippen molar-refractivity contribution >= 4 is 17.8 Å². The number of ether oxygens (including phenoxy) is 2. The van der Waals surface area contributed by atoms with Crippen LogP contribution in [0, 0.1) is 11.3 Å². The highest BCUT2D eigenvalue weighted by molar-refractivity contribution is 5.91. The molecule has 0 spiro atoms. The Morgan fingerprint density at radius 2 is 1.79 bits per heavy atom. The molecule has 0 saturated carbocycles. The zero-order chi connectivity index (χ0) is 21.2. The van der Waals surface area contributed by atoms with Crippen molar-refractivity contribution in [2.75, 3.05) is 19.8 Å². The van der Waals surface area contributed by atoms with Gasteiger partial charge in [-0.15, -0.1) is 0 Å². The SMILES string of the molecule is CC1CCCC(C)N1C(=O)COc1ccc(C(=O)OCC(=O)NCCC#N)cc1. The van der Waals surface area contributed by atoms with Crippen molar-refractivity contribution in [3.63, 3.8) is 0 Å². The van der Waals surface area contributed by atoms with Crippen molar-refractivity contribution in [3.8, 4) is 11.8 Å².